The zero-order chi connectivity index (χ0) is 17.5. The molecule has 0 bridgehead atoms. The van der Waals surface area contributed by atoms with Gasteiger partial charge in [0.15, 0.2) is 28.1 Å². The van der Waals surface area contributed by atoms with Crippen LogP contribution in [0, 0.1) is 0 Å². The second kappa shape index (κ2) is 6.11. The molecule has 1 aliphatic heterocycles. The van der Waals surface area contributed by atoms with Crippen molar-refractivity contribution in [1.82, 2.24) is 10.1 Å². The van der Waals surface area contributed by atoms with E-state index in [2.05, 4.69) is 15.5 Å². The first-order chi connectivity index (χ1) is 12.8. The number of benzene rings is 1. The third kappa shape index (κ3) is 2.71. The first-order valence-electron chi connectivity index (χ1n) is 7.78. The van der Waals surface area contributed by atoms with Crippen molar-refractivity contribution < 1.29 is 18.8 Å². The summed E-state index contributed by atoms with van der Waals surface area (Å²) >= 11 is 2.88. The van der Waals surface area contributed by atoms with Crippen LogP contribution >= 0.6 is 22.7 Å². The van der Waals surface area contributed by atoms with Crippen molar-refractivity contribution in [1.29, 1.82) is 0 Å². The molecule has 0 radical (unpaired) electrons. The average molecular weight is 385 g/mol. The van der Waals surface area contributed by atoms with E-state index in [9.17, 15) is 4.79 Å². The first kappa shape index (κ1) is 15.4. The van der Waals surface area contributed by atoms with Crippen LogP contribution < -0.4 is 14.8 Å². The normalized spacial score (nSPS) is 13.1. The number of ether oxygens (including phenoxy) is 2. The van der Waals surface area contributed by atoms with Crippen LogP contribution in [-0.4, -0.2) is 29.3 Å². The maximum Gasteiger partial charge on any atom is 0.279 e. The summed E-state index contributed by atoms with van der Waals surface area (Å²) in [5.41, 5.74) is 0.951. The van der Waals surface area contributed by atoms with Crippen LogP contribution in [0.2, 0.25) is 0 Å². The summed E-state index contributed by atoms with van der Waals surface area (Å²) in [7, 11) is 0. The lowest BCUT2D eigenvalue weighted by Gasteiger charge is -2.17. The Labute approximate surface area is 155 Å². The Balaban J connectivity index is 1.39. The van der Waals surface area contributed by atoms with E-state index in [0.29, 0.717) is 35.6 Å². The molecule has 0 atom stereocenters. The molecule has 1 amide bonds. The molecule has 7 nitrogen and oxygen atoms in total. The number of carbonyl (C=O) groups excluding carboxylic acids is 1. The molecule has 9 heteroatoms. The Morgan fingerprint density at radius 3 is 2.81 bits per heavy atom. The maximum absolute atomic E-state index is 12.4. The van der Waals surface area contributed by atoms with Gasteiger partial charge in [0.05, 0.1) is 15.1 Å². The van der Waals surface area contributed by atoms with E-state index in [1.165, 1.54) is 22.7 Å². The lowest BCUT2D eigenvalue weighted by molar-refractivity contribution is 0.101. The molecule has 1 N–H and O–H groups in total. The van der Waals surface area contributed by atoms with E-state index in [1.54, 1.807) is 6.07 Å². The standard InChI is InChI=1S/C17H11N3O4S2/c21-16(10-7-13(24-20-10)14-2-1-5-25-14)19-17-18-9-6-11-12(8-15(9)26-17)23-4-3-22-11/h1-2,5-8H,3-4H2,(H,18,19,21). The monoisotopic (exact) mass is 385 g/mol. The van der Waals surface area contributed by atoms with E-state index in [4.69, 9.17) is 14.0 Å². The third-order valence-electron chi connectivity index (χ3n) is 3.78. The van der Waals surface area contributed by atoms with Crippen LogP contribution in [0.3, 0.4) is 0 Å². The van der Waals surface area contributed by atoms with Gasteiger partial charge in [-0.25, -0.2) is 4.98 Å². The fourth-order valence-corrected chi connectivity index (χ4v) is 4.14. The average Bonchev–Trinajstić information content (AvgIpc) is 3.38. The predicted octanol–water partition coefficient (Wildman–Crippen LogP) is 4.04. The Bertz CT molecular complexity index is 1060. The number of amides is 1. The Kier molecular flexibility index (Phi) is 3.61. The van der Waals surface area contributed by atoms with Crippen molar-refractivity contribution in [2.24, 2.45) is 0 Å². The van der Waals surface area contributed by atoms with Gasteiger partial charge in [-0.1, -0.05) is 22.6 Å². The van der Waals surface area contributed by atoms with Crippen molar-refractivity contribution in [2.45, 2.75) is 0 Å². The Morgan fingerprint density at radius 2 is 2.00 bits per heavy atom. The van der Waals surface area contributed by atoms with Crippen LogP contribution in [0.25, 0.3) is 20.9 Å². The number of anilines is 1. The molecule has 0 spiro atoms. The molecule has 0 unspecified atom stereocenters. The number of aromatic nitrogens is 2. The maximum atomic E-state index is 12.4. The number of carbonyl (C=O) groups is 1. The van der Waals surface area contributed by atoms with Crippen molar-refractivity contribution in [3.05, 3.63) is 41.4 Å². The van der Waals surface area contributed by atoms with Crippen LogP contribution in [0.1, 0.15) is 10.5 Å². The lowest BCUT2D eigenvalue weighted by Crippen LogP contribution is -2.15. The van der Waals surface area contributed by atoms with E-state index < -0.39 is 0 Å². The van der Waals surface area contributed by atoms with E-state index in [-0.39, 0.29) is 11.6 Å². The topological polar surface area (TPSA) is 86.5 Å². The molecule has 1 aromatic carbocycles. The summed E-state index contributed by atoms with van der Waals surface area (Å²) in [6.45, 7) is 1.05. The minimum atomic E-state index is -0.368. The molecule has 1 aliphatic rings. The molecule has 0 saturated carbocycles. The van der Waals surface area contributed by atoms with Crippen LogP contribution in [0.4, 0.5) is 5.13 Å². The van der Waals surface area contributed by atoms with Gasteiger partial charge in [-0.3, -0.25) is 10.1 Å². The SMILES string of the molecule is O=C(Nc1nc2cc3c(cc2s1)OCCO3)c1cc(-c2cccs2)on1. The molecule has 0 aliphatic carbocycles. The summed E-state index contributed by atoms with van der Waals surface area (Å²) in [6.07, 6.45) is 0. The summed E-state index contributed by atoms with van der Waals surface area (Å²) in [4.78, 5) is 17.8. The lowest BCUT2D eigenvalue weighted by atomic mass is 10.3. The smallest absolute Gasteiger partial charge is 0.279 e. The molecular weight excluding hydrogens is 374 g/mol. The predicted molar refractivity (Wildman–Crippen MR) is 98.4 cm³/mol. The largest absolute Gasteiger partial charge is 0.486 e. The Morgan fingerprint density at radius 1 is 1.15 bits per heavy atom. The highest BCUT2D eigenvalue weighted by molar-refractivity contribution is 7.22. The number of rotatable bonds is 3. The fraction of sp³-hybridized carbons (Fsp3) is 0.118. The molecule has 26 heavy (non-hydrogen) atoms. The van der Waals surface area contributed by atoms with Gasteiger partial charge in [0.1, 0.15) is 13.2 Å². The minimum absolute atomic E-state index is 0.207. The van der Waals surface area contributed by atoms with Gasteiger partial charge in [0, 0.05) is 18.2 Å². The quantitative estimate of drug-likeness (QED) is 0.573. The van der Waals surface area contributed by atoms with Crippen LogP contribution in [0.5, 0.6) is 11.5 Å². The molecule has 4 heterocycles. The Hall–Kier alpha value is -2.91. The zero-order valence-electron chi connectivity index (χ0n) is 13.2. The van der Waals surface area contributed by atoms with E-state index in [0.717, 1.165) is 15.1 Å². The van der Waals surface area contributed by atoms with Crippen molar-refractivity contribution in [3.8, 4) is 22.1 Å². The summed E-state index contributed by atoms with van der Waals surface area (Å²) in [5.74, 6) is 1.57. The highest BCUT2D eigenvalue weighted by Crippen LogP contribution is 2.38. The first-order valence-corrected chi connectivity index (χ1v) is 9.48. The second-order valence-corrected chi connectivity index (χ2v) is 7.47. The zero-order valence-corrected chi connectivity index (χ0v) is 14.9. The number of hydrogen-bond acceptors (Lipinski definition) is 8. The number of thiophene rings is 1. The molecule has 5 rings (SSSR count). The van der Waals surface area contributed by atoms with Gasteiger partial charge in [-0.05, 0) is 11.4 Å². The molecule has 4 aromatic rings. The van der Waals surface area contributed by atoms with Gasteiger partial charge >= 0.3 is 0 Å². The second-order valence-electron chi connectivity index (χ2n) is 5.49. The molecule has 130 valence electrons. The van der Waals surface area contributed by atoms with Crippen molar-refractivity contribution >= 4 is 43.9 Å². The summed E-state index contributed by atoms with van der Waals surface area (Å²) in [5, 5.41) is 9.02. The summed E-state index contributed by atoms with van der Waals surface area (Å²) in [6, 6.07) is 9.14. The highest BCUT2D eigenvalue weighted by Gasteiger charge is 2.18. The van der Waals surface area contributed by atoms with Gasteiger partial charge in [-0.15, -0.1) is 11.3 Å². The van der Waals surface area contributed by atoms with Gasteiger partial charge < -0.3 is 14.0 Å². The molecule has 0 fully saturated rings. The number of hydrogen-bond donors (Lipinski definition) is 1. The highest BCUT2D eigenvalue weighted by atomic mass is 32.1. The van der Waals surface area contributed by atoms with Crippen LogP contribution in [-0.2, 0) is 0 Å². The van der Waals surface area contributed by atoms with Crippen molar-refractivity contribution in [3.63, 3.8) is 0 Å². The van der Waals surface area contributed by atoms with E-state index in [1.807, 2.05) is 29.6 Å². The summed E-state index contributed by atoms with van der Waals surface area (Å²) < 4.78 is 17.3. The number of nitrogens with zero attached hydrogens (tertiary/aromatic N) is 2. The fourth-order valence-electron chi connectivity index (χ4n) is 2.60. The number of nitrogens with one attached hydrogen (secondary N) is 1. The van der Waals surface area contributed by atoms with Crippen LogP contribution in [0.15, 0.2) is 40.2 Å². The van der Waals surface area contributed by atoms with Gasteiger partial charge in [0.2, 0.25) is 0 Å². The van der Waals surface area contributed by atoms with E-state index >= 15 is 0 Å². The number of fused-ring (bicyclic) bond motifs is 2. The third-order valence-corrected chi connectivity index (χ3v) is 5.60. The minimum Gasteiger partial charge on any atom is -0.486 e. The van der Waals surface area contributed by atoms with Gasteiger partial charge in [-0.2, -0.15) is 0 Å². The molecule has 0 saturated heterocycles. The van der Waals surface area contributed by atoms with Crippen molar-refractivity contribution in [2.75, 3.05) is 18.5 Å². The molecule has 3 aromatic heterocycles. The molecular formula is C17H11N3O4S2. The number of thiazole rings is 1. The van der Waals surface area contributed by atoms with Gasteiger partial charge in [0.25, 0.3) is 5.91 Å².